The van der Waals surface area contributed by atoms with Crippen molar-refractivity contribution in [2.45, 2.75) is 13.8 Å². The number of carbonyl (C=O) groups excluding carboxylic acids is 1. The molecular weight excluding hydrogens is 92.1 g/mol. The van der Waals surface area contributed by atoms with Crippen molar-refractivity contribution in [1.82, 2.24) is 0 Å². The third kappa shape index (κ3) is 2.20. The Balaban J connectivity index is 4.92. The lowest BCUT2D eigenvalue weighted by molar-refractivity contribution is -0.144. The molecule has 0 aliphatic carbocycles. The molecule has 1 unspecified atom stereocenters. The summed E-state index contributed by atoms with van der Waals surface area (Å²) in [5.74, 6) is -4.60. The van der Waals surface area contributed by atoms with Gasteiger partial charge < -0.3 is 4.74 Å². The van der Waals surface area contributed by atoms with Crippen LogP contribution in [0.5, 0.6) is 0 Å². The number of hydrogen-bond acceptors (Lipinski definition) is 2. The average molecular weight is 110 g/mol. The highest BCUT2D eigenvalue weighted by molar-refractivity contribution is 5.71. The first kappa shape index (κ1) is 1.07. The first-order chi connectivity index (χ1) is 6.44. The molecule has 0 saturated heterocycles. The quantitative estimate of drug-likeness (QED) is 0.467. The molecule has 1 atom stereocenters. The molecule has 0 spiro atoms. The number of rotatable bonds is 1. The standard InChI is InChI=1S/C5H10O2/c1-4(2)5(6)7-3/h4H,1-3H3/i1D,2D3,3D3,4D. The van der Waals surface area contributed by atoms with Crippen LogP contribution in [0, 0.1) is 5.89 Å². The Morgan fingerprint density at radius 1 is 2.14 bits per heavy atom. The zero-order chi connectivity index (χ0) is 12.5. The van der Waals surface area contributed by atoms with Gasteiger partial charge in [0, 0.05) is 6.85 Å². The van der Waals surface area contributed by atoms with E-state index in [1.807, 2.05) is 0 Å². The molecule has 2 nitrogen and oxygen atoms in total. The lowest BCUT2D eigenvalue weighted by Crippen LogP contribution is -2.07. The SMILES string of the molecule is [2H]CC([2H])(C(=O)OC([2H])([2H])[2H])C([2H])([2H])[2H]. The number of methoxy groups -OCH3 is 1. The van der Waals surface area contributed by atoms with Gasteiger partial charge in [0.2, 0.25) is 0 Å². The highest BCUT2D eigenvalue weighted by Crippen LogP contribution is 1.91. The predicted molar refractivity (Wildman–Crippen MR) is 26.9 cm³/mol. The van der Waals surface area contributed by atoms with Crippen molar-refractivity contribution in [3.63, 3.8) is 0 Å². The minimum Gasteiger partial charge on any atom is -0.469 e. The van der Waals surface area contributed by atoms with Gasteiger partial charge in [-0.15, -0.1) is 0 Å². The molecule has 0 fully saturated rings. The summed E-state index contributed by atoms with van der Waals surface area (Å²) in [4.78, 5) is 11.1. The number of hydrogen-bond donors (Lipinski definition) is 0. The minimum atomic E-state index is -3.11. The Kier molecular flexibility index (Phi) is 0.398. The zero-order valence-electron chi connectivity index (χ0n) is 11.5. The van der Waals surface area contributed by atoms with Crippen LogP contribution in [0.4, 0.5) is 0 Å². The smallest absolute Gasteiger partial charge is 0.308 e. The monoisotopic (exact) mass is 110 g/mol. The Hall–Kier alpha value is -0.530. The highest BCUT2D eigenvalue weighted by Gasteiger charge is 2.03. The van der Waals surface area contributed by atoms with Crippen LogP contribution in [0.3, 0.4) is 0 Å². The third-order valence-electron chi connectivity index (χ3n) is 0.339. The molecule has 0 heterocycles. The van der Waals surface area contributed by atoms with Crippen molar-refractivity contribution in [1.29, 1.82) is 0 Å². The molecule has 0 aromatic heterocycles. The van der Waals surface area contributed by atoms with Crippen molar-refractivity contribution < 1.29 is 20.5 Å². The molecular formula is C5H10O2. The maximum atomic E-state index is 11.1. The second kappa shape index (κ2) is 2.61. The third-order valence-corrected chi connectivity index (χ3v) is 0.339. The second-order valence-electron chi connectivity index (χ2n) is 0.868. The highest BCUT2D eigenvalue weighted by atomic mass is 16.5. The van der Waals surface area contributed by atoms with E-state index in [4.69, 9.17) is 11.0 Å². The van der Waals surface area contributed by atoms with Gasteiger partial charge in [0.1, 0.15) is 0 Å². The minimum absolute atomic E-state index is 1.10. The summed E-state index contributed by atoms with van der Waals surface area (Å²) < 4.78 is 58.2. The van der Waals surface area contributed by atoms with Crippen LogP contribution in [0.15, 0.2) is 0 Å². The Morgan fingerprint density at radius 3 is 3.43 bits per heavy atom. The molecule has 2 heteroatoms. The molecule has 0 aromatic rings. The van der Waals surface area contributed by atoms with Crippen molar-refractivity contribution in [2.24, 2.45) is 5.89 Å². The number of esters is 1. The molecule has 0 amide bonds. The van der Waals surface area contributed by atoms with Crippen molar-refractivity contribution in [2.75, 3.05) is 7.04 Å². The van der Waals surface area contributed by atoms with Gasteiger partial charge in [0.05, 0.1) is 17.0 Å². The Labute approximate surface area is 54.7 Å². The summed E-state index contributed by atoms with van der Waals surface area (Å²) in [5, 5.41) is 0. The molecule has 0 bridgehead atoms. The van der Waals surface area contributed by atoms with E-state index >= 15 is 0 Å². The van der Waals surface area contributed by atoms with Crippen molar-refractivity contribution in [3.8, 4) is 0 Å². The van der Waals surface area contributed by atoms with Crippen LogP contribution < -0.4 is 0 Å². The van der Waals surface area contributed by atoms with Gasteiger partial charge >= 0.3 is 5.97 Å². The van der Waals surface area contributed by atoms with E-state index in [0.717, 1.165) is 0 Å². The first-order valence-electron chi connectivity index (χ1n) is 5.67. The van der Waals surface area contributed by atoms with E-state index < -0.39 is 32.7 Å². The Morgan fingerprint density at radius 2 is 3.00 bits per heavy atom. The van der Waals surface area contributed by atoms with E-state index in [1.54, 1.807) is 0 Å². The van der Waals surface area contributed by atoms with Gasteiger partial charge in [-0.05, 0) is 0 Å². The van der Waals surface area contributed by atoms with Crippen LogP contribution in [-0.4, -0.2) is 13.0 Å². The summed E-state index contributed by atoms with van der Waals surface area (Å²) in [6.45, 7) is -4.20. The van der Waals surface area contributed by atoms with Crippen molar-refractivity contribution in [3.05, 3.63) is 0 Å². The summed E-state index contributed by atoms with van der Waals surface area (Å²) >= 11 is 0. The van der Waals surface area contributed by atoms with E-state index in [-0.39, 0.29) is 0 Å². The zero-order valence-corrected chi connectivity index (χ0v) is 3.52. The van der Waals surface area contributed by atoms with Crippen LogP contribution in [0.25, 0.3) is 0 Å². The second-order valence-corrected chi connectivity index (χ2v) is 0.868. The van der Waals surface area contributed by atoms with Crippen molar-refractivity contribution >= 4 is 5.97 Å². The molecule has 42 valence electrons. The van der Waals surface area contributed by atoms with Crippen LogP contribution in [0.1, 0.15) is 24.7 Å². The van der Waals surface area contributed by atoms with Crippen LogP contribution in [0.2, 0.25) is 0 Å². The van der Waals surface area contributed by atoms with Gasteiger partial charge in [-0.1, -0.05) is 13.8 Å². The normalized spacial score (nSPS) is 37.7. The summed E-state index contributed by atoms with van der Waals surface area (Å²) in [6, 6.07) is 0. The average Bonchev–Trinajstić information content (AvgIpc) is 1.97. The number of carbonyl (C=O) groups is 1. The maximum absolute atomic E-state index is 11.1. The first-order valence-corrected chi connectivity index (χ1v) is 1.47. The van der Waals surface area contributed by atoms with Gasteiger partial charge in [0.15, 0.2) is 0 Å². The molecule has 0 aromatic carbocycles. The maximum Gasteiger partial charge on any atom is 0.308 e. The molecule has 0 N–H and O–H groups in total. The summed E-state index contributed by atoms with van der Waals surface area (Å²) in [7, 11) is -3.11. The fraction of sp³-hybridized carbons (Fsp3) is 0.800. The predicted octanol–water partition coefficient (Wildman–Crippen LogP) is 0.815. The topological polar surface area (TPSA) is 26.3 Å². The molecule has 0 saturated carbocycles. The van der Waals surface area contributed by atoms with E-state index in [2.05, 4.69) is 4.74 Å². The fourth-order valence-corrected chi connectivity index (χ4v) is 0.0616. The lowest BCUT2D eigenvalue weighted by atomic mass is 10.2. The molecule has 7 heavy (non-hydrogen) atoms. The van der Waals surface area contributed by atoms with Gasteiger partial charge in [-0.25, -0.2) is 0 Å². The van der Waals surface area contributed by atoms with E-state index in [0.29, 0.717) is 0 Å². The summed E-state index contributed by atoms with van der Waals surface area (Å²) in [6.07, 6.45) is 0. The lowest BCUT2D eigenvalue weighted by Gasteiger charge is -1.97. The molecule has 0 radical (unpaired) electrons. The molecule has 0 aliphatic rings. The molecule has 0 rings (SSSR count). The van der Waals surface area contributed by atoms with E-state index in [1.165, 1.54) is 0 Å². The van der Waals surface area contributed by atoms with Crippen LogP contribution >= 0.6 is 0 Å². The van der Waals surface area contributed by atoms with Gasteiger partial charge in [-0.3, -0.25) is 4.79 Å². The van der Waals surface area contributed by atoms with Gasteiger partial charge in [-0.2, -0.15) is 0 Å². The summed E-state index contributed by atoms with van der Waals surface area (Å²) in [5.41, 5.74) is 0. The fourth-order valence-electron chi connectivity index (χ4n) is 0.0616. The van der Waals surface area contributed by atoms with E-state index in [9.17, 15) is 4.79 Å². The van der Waals surface area contributed by atoms with Gasteiger partial charge in [0.25, 0.3) is 0 Å². The Bertz CT molecular complexity index is 242. The number of ether oxygens (including phenoxy) is 1. The van der Waals surface area contributed by atoms with Crippen LogP contribution in [-0.2, 0) is 9.53 Å². The largest absolute Gasteiger partial charge is 0.469 e. The molecule has 0 aliphatic heterocycles.